The summed E-state index contributed by atoms with van der Waals surface area (Å²) in [7, 11) is 0. The average molecular weight is 188 g/mol. The molecule has 13 heavy (non-hydrogen) atoms. The maximum atomic E-state index is 10.6. The summed E-state index contributed by atoms with van der Waals surface area (Å²) >= 11 is 0. The topological polar surface area (TPSA) is 112 Å². The predicted octanol–water partition coefficient (Wildman–Crippen LogP) is -0.363. The number of rotatable bonds is 3. The molecule has 3 N–H and O–H groups in total. The maximum absolute atomic E-state index is 10.6. The molecule has 1 unspecified atom stereocenters. The van der Waals surface area contributed by atoms with E-state index in [9.17, 15) is 14.4 Å². The van der Waals surface area contributed by atoms with Gasteiger partial charge in [-0.05, 0) is 12.8 Å². The van der Waals surface area contributed by atoms with Gasteiger partial charge >= 0.3 is 17.9 Å². The van der Waals surface area contributed by atoms with E-state index in [4.69, 9.17) is 15.3 Å². The summed E-state index contributed by atoms with van der Waals surface area (Å²) in [6, 6.07) is 0. The Morgan fingerprint density at radius 2 is 1.54 bits per heavy atom. The summed E-state index contributed by atoms with van der Waals surface area (Å²) in [5.74, 6) is -5.81. The lowest BCUT2D eigenvalue weighted by Gasteiger charge is -2.39. The zero-order valence-electron chi connectivity index (χ0n) is 6.56. The Morgan fingerprint density at radius 1 is 1.08 bits per heavy atom. The van der Waals surface area contributed by atoms with Gasteiger partial charge in [0, 0.05) is 0 Å². The van der Waals surface area contributed by atoms with Gasteiger partial charge < -0.3 is 15.3 Å². The van der Waals surface area contributed by atoms with E-state index in [1.54, 1.807) is 0 Å². The number of carboxylic acids is 3. The minimum Gasteiger partial charge on any atom is -0.481 e. The summed E-state index contributed by atoms with van der Waals surface area (Å²) in [4.78, 5) is 31.7. The minimum absolute atomic E-state index is 0.105. The third-order valence-electron chi connectivity index (χ3n) is 2.48. The molecule has 0 heterocycles. The second kappa shape index (κ2) is 2.72. The first-order chi connectivity index (χ1) is 5.93. The van der Waals surface area contributed by atoms with Crippen LogP contribution in [0.15, 0.2) is 0 Å². The fraction of sp³-hybridized carbons (Fsp3) is 0.571. The van der Waals surface area contributed by atoms with Crippen molar-refractivity contribution < 1.29 is 29.7 Å². The summed E-state index contributed by atoms with van der Waals surface area (Å²) in [5, 5.41) is 25.8. The van der Waals surface area contributed by atoms with Crippen LogP contribution in [0.1, 0.15) is 12.8 Å². The molecule has 0 radical (unpaired) electrons. The summed E-state index contributed by atoms with van der Waals surface area (Å²) in [6.45, 7) is 0. The van der Waals surface area contributed by atoms with E-state index >= 15 is 0 Å². The van der Waals surface area contributed by atoms with Gasteiger partial charge in [-0.25, -0.2) is 0 Å². The largest absolute Gasteiger partial charge is 0.481 e. The van der Waals surface area contributed by atoms with Crippen molar-refractivity contribution in [2.75, 3.05) is 0 Å². The molecule has 72 valence electrons. The van der Waals surface area contributed by atoms with Crippen molar-refractivity contribution in [2.24, 2.45) is 11.3 Å². The van der Waals surface area contributed by atoms with Gasteiger partial charge in [-0.3, -0.25) is 14.4 Å². The van der Waals surface area contributed by atoms with Crippen LogP contribution < -0.4 is 0 Å². The van der Waals surface area contributed by atoms with E-state index in [2.05, 4.69) is 0 Å². The summed E-state index contributed by atoms with van der Waals surface area (Å²) in [5.41, 5.74) is -2.11. The molecule has 0 bridgehead atoms. The lowest BCUT2D eigenvalue weighted by molar-refractivity contribution is -0.186. The van der Waals surface area contributed by atoms with Crippen LogP contribution in [-0.4, -0.2) is 33.2 Å². The zero-order chi connectivity index (χ0) is 10.2. The van der Waals surface area contributed by atoms with E-state index < -0.39 is 29.2 Å². The van der Waals surface area contributed by atoms with Crippen molar-refractivity contribution in [1.82, 2.24) is 0 Å². The third-order valence-corrected chi connectivity index (χ3v) is 2.48. The van der Waals surface area contributed by atoms with Crippen molar-refractivity contribution >= 4 is 17.9 Å². The predicted molar refractivity (Wildman–Crippen MR) is 38.1 cm³/mol. The van der Waals surface area contributed by atoms with E-state index in [0.717, 1.165) is 0 Å². The monoisotopic (exact) mass is 188 g/mol. The quantitative estimate of drug-likeness (QED) is 0.521. The van der Waals surface area contributed by atoms with Crippen LogP contribution in [0.4, 0.5) is 0 Å². The molecule has 0 aromatic carbocycles. The molecule has 0 aliphatic heterocycles. The van der Waals surface area contributed by atoms with Crippen molar-refractivity contribution in [2.45, 2.75) is 12.8 Å². The Morgan fingerprint density at radius 3 is 1.62 bits per heavy atom. The van der Waals surface area contributed by atoms with Crippen molar-refractivity contribution in [3.8, 4) is 0 Å². The second-order valence-electron chi connectivity index (χ2n) is 3.01. The molecular weight excluding hydrogens is 180 g/mol. The second-order valence-corrected chi connectivity index (χ2v) is 3.01. The van der Waals surface area contributed by atoms with Crippen LogP contribution in [0.5, 0.6) is 0 Å². The van der Waals surface area contributed by atoms with Crippen molar-refractivity contribution in [3.05, 3.63) is 0 Å². The molecule has 1 atom stereocenters. The van der Waals surface area contributed by atoms with Crippen LogP contribution in [-0.2, 0) is 14.4 Å². The van der Waals surface area contributed by atoms with E-state index in [1.165, 1.54) is 0 Å². The number of carboxylic acid groups (broad SMARTS) is 3. The molecule has 0 aromatic rings. The van der Waals surface area contributed by atoms with Crippen molar-refractivity contribution in [3.63, 3.8) is 0 Å². The highest BCUT2D eigenvalue weighted by atomic mass is 16.4. The molecule has 1 aliphatic carbocycles. The summed E-state index contributed by atoms with van der Waals surface area (Å²) in [6.07, 6.45) is -0.0113. The average Bonchev–Trinajstić information content (AvgIpc) is 1.80. The van der Waals surface area contributed by atoms with Crippen LogP contribution >= 0.6 is 0 Å². The first-order valence-corrected chi connectivity index (χ1v) is 3.62. The lowest BCUT2D eigenvalue weighted by Crippen LogP contribution is -2.55. The molecule has 0 spiro atoms. The van der Waals surface area contributed by atoms with Crippen LogP contribution in [0.3, 0.4) is 0 Å². The van der Waals surface area contributed by atoms with Crippen molar-refractivity contribution in [1.29, 1.82) is 0 Å². The fourth-order valence-corrected chi connectivity index (χ4v) is 1.52. The van der Waals surface area contributed by atoms with Gasteiger partial charge in [0.25, 0.3) is 0 Å². The van der Waals surface area contributed by atoms with Gasteiger partial charge in [0.2, 0.25) is 0 Å². The number of hydrogen-bond acceptors (Lipinski definition) is 3. The van der Waals surface area contributed by atoms with Gasteiger partial charge in [0.1, 0.15) is 0 Å². The van der Waals surface area contributed by atoms with Gasteiger partial charge in [-0.1, -0.05) is 0 Å². The Kier molecular flexibility index (Phi) is 1.99. The van der Waals surface area contributed by atoms with Gasteiger partial charge in [0.05, 0.1) is 5.92 Å². The highest BCUT2D eigenvalue weighted by Crippen LogP contribution is 2.47. The Labute approximate surface area is 72.8 Å². The fourth-order valence-electron chi connectivity index (χ4n) is 1.52. The molecule has 6 nitrogen and oxygen atoms in total. The molecule has 0 amide bonds. The van der Waals surface area contributed by atoms with E-state index in [-0.39, 0.29) is 12.8 Å². The lowest BCUT2D eigenvalue weighted by atomic mass is 9.60. The van der Waals surface area contributed by atoms with Gasteiger partial charge in [-0.2, -0.15) is 0 Å². The number of aliphatic carboxylic acids is 3. The molecule has 6 heteroatoms. The maximum Gasteiger partial charge on any atom is 0.321 e. The molecule has 1 fully saturated rings. The number of hydrogen-bond donors (Lipinski definition) is 3. The third kappa shape index (κ3) is 1.06. The Hall–Kier alpha value is -1.59. The van der Waals surface area contributed by atoms with E-state index in [0.29, 0.717) is 0 Å². The minimum atomic E-state index is -2.11. The Balaban J connectivity index is 3.01. The normalized spacial score (nSPS) is 24.5. The van der Waals surface area contributed by atoms with Gasteiger partial charge in [-0.15, -0.1) is 0 Å². The highest BCUT2D eigenvalue weighted by Gasteiger charge is 2.62. The van der Waals surface area contributed by atoms with E-state index in [1.807, 2.05) is 0 Å². The van der Waals surface area contributed by atoms with Gasteiger partial charge in [0.15, 0.2) is 5.41 Å². The van der Waals surface area contributed by atoms with Crippen LogP contribution in [0.2, 0.25) is 0 Å². The molecular formula is C7H8O6. The first kappa shape index (κ1) is 9.50. The summed E-state index contributed by atoms with van der Waals surface area (Å²) < 4.78 is 0. The molecule has 1 rings (SSSR count). The number of carbonyl (C=O) groups is 3. The smallest absolute Gasteiger partial charge is 0.321 e. The zero-order valence-corrected chi connectivity index (χ0v) is 6.56. The van der Waals surface area contributed by atoms with Crippen LogP contribution in [0, 0.1) is 11.3 Å². The standard InChI is InChI=1S/C7H8O6/c8-4(9)3-1-2-7(3,5(10)11)6(12)13/h3H,1-2H2,(H,8,9)(H,10,11)(H,12,13). The van der Waals surface area contributed by atoms with Crippen LogP contribution in [0.25, 0.3) is 0 Å². The molecule has 0 aromatic heterocycles. The highest BCUT2D eigenvalue weighted by molar-refractivity contribution is 6.03. The Bertz CT molecular complexity index is 267. The molecule has 1 aliphatic rings. The molecule has 0 saturated heterocycles. The molecule has 1 saturated carbocycles. The first-order valence-electron chi connectivity index (χ1n) is 3.62. The SMILES string of the molecule is O=C(O)C1CCC1(C(=O)O)C(=O)O.